The number of sulfone groups is 1. The van der Waals surface area contributed by atoms with Crippen molar-refractivity contribution < 1.29 is 22.7 Å². The Morgan fingerprint density at radius 1 is 1.25 bits per heavy atom. The minimum absolute atomic E-state index is 0.0179. The van der Waals surface area contributed by atoms with Gasteiger partial charge in [-0.05, 0) is 31.2 Å². The van der Waals surface area contributed by atoms with Crippen LogP contribution in [-0.2, 0) is 42.9 Å². The number of methoxy groups -OCH3 is 1. The quantitative estimate of drug-likeness (QED) is 0.511. The van der Waals surface area contributed by atoms with Crippen molar-refractivity contribution in [3.05, 3.63) is 47.8 Å². The fourth-order valence-corrected chi connectivity index (χ4v) is 5.61. The average Bonchev–Trinajstić information content (AvgIpc) is 3.35. The number of hydrogen-bond acceptors (Lipinski definition) is 6. The molecule has 1 saturated carbocycles. The fraction of sp³-hybridized carbons (Fsp3) is 0.565. The molecule has 0 unspecified atom stereocenters. The van der Waals surface area contributed by atoms with Crippen LogP contribution in [0.4, 0.5) is 0 Å². The zero-order valence-corrected chi connectivity index (χ0v) is 19.3. The highest BCUT2D eigenvalue weighted by Crippen LogP contribution is 2.32. The molecule has 2 aromatic rings. The lowest BCUT2D eigenvalue weighted by atomic mass is 10.2. The number of imidazole rings is 1. The van der Waals surface area contributed by atoms with E-state index in [2.05, 4.69) is 4.98 Å². The molecule has 0 N–H and O–H groups in total. The van der Waals surface area contributed by atoms with Crippen LogP contribution in [0.2, 0.25) is 0 Å². The molecular weight excluding hydrogens is 430 g/mol. The smallest absolute Gasteiger partial charge is 0.228 e. The molecule has 1 amide bonds. The van der Waals surface area contributed by atoms with E-state index in [1.54, 1.807) is 30.0 Å². The summed E-state index contributed by atoms with van der Waals surface area (Å²) in [6, 6.07) is 9.07. The van der Waals surface area contributed by atoms with E-state index in [1.807, 2.05) is 23.1 Å². The summed E-state index contributed by atoms with van der Waals surface area (Å²) >= 11 is 0. The van der Waals surface area contributed by atoms with E-state index in [0.29, 0.717) is 37.5 Å². The van der Waals surface area contributed by atoms with Crippen LogP contribution in [0.5, 0.6) is 0 Å². The van der Waals surface area contributed by atoms with Crippen molar-refractivity contribution in [2.75, 3.05) is 26.9 Å². The van der Waals surface area contributed by atoms with E-state index >= 15 is 0 Å². The number of rotatable bonds is 11. The number of nitrogens with zero attached hydrogens (tertiary/aromatic N) is 3. The van der Waals surface area contributed by atoms with Gasteiger partial charge in [-0.15, -0.1) is 0 Å². The molecule has 4 rings (SSSR count). The third kappa shape index (κ3) is 5.57. The van der Waals surface area contributed by atoms with Gasteiger partial charge in [0.1, 0.15) is 0 Å². The number of benzene rings is 1. The highest BCUT2D eigenvalue weighted by atomic mass is 32.2. The Bertz CT molecular complexity index is 1010. The normalized spacial score (nSPS) is 18.7. The molecule has 32 heavy (non-hydrogen) atoms. The van der Waals surface area contributed by atoms with Crippen LogP contribution in [0.1, 0.15) is 36.9 Å². The second-order valence-electron chi connectivity index (χ2n) is 8.55. The lowest BCUT2D eigenvalue weighted by molar-refractivity contribution is -0.134. The molecule has 1 aliphatic carbocycles. The number of aromatic nitrogens is 2. The lowest BCUT2D eigenvalue weighted by Gasteiger charge is -2.26. The van der Waals surface area contributed by atoms with Gasteiger partial charge in [0, 0.05) is 32.7 Å². The van der Waals surface area contributed by atoms with Gasteiger partial charge >= 0.3 is 0 Å². The molecule has 2 fully saturated rings. The average molecular weight is 462 g/mol. The van der Waals surface area contributed by atoms with E-state index in [-0.39, 0.29) is 28.8 Å². The van der Waals surface area contributed by atoms with Crippen LogP contribution in [0, 0.1) is 5.92 Å². The molecule has 8 nitrogen and oxygen atoms in total. The van der Waals surface area contributed by atoms with Gasteiger partial charge in [-0.1, -0.05) is 30.3 Å². The van der Waals surface area contributed by atoms with Crippen LogP contribution in [0.25, 0.3) is 0 Å². The zero-order valence-electron chi connectivity index (χ0n) is 18.5. The Kier molecular flexibility index (Phi) is 7.27. The fourth-order valence-electron chi connectivity index (χ4n) is 4.10. The third-order valence-electron chi connectivity index (χ3n) is 5.94. The van der Waals surface area contributed by atoms with Crippen LogP contribution in [0.15, 0.2) is 41.7 Å². The summed E-state index contributed by atoms with van der Waals surface area (Å²) in [7, 11) is -2.09. The minimum Gasteiger partial charge on any atom is -0.383 e. The summed E-state index contributed by atoms with van der Waals surface area (Å²) < 4.78 is 39.0. The predicted molar refractivity (Wildman–Crippen MR) is 119 cm³/mol. The van der Waals surface area contributed by atoms with E-state index in [4.69, 9.17) is 9.47 Å². The summed E-state index contributed by atoms with van der Waals surface area (Å²) in [6.45, 7) is 2.26. The van der Waals surface area contributed by atoms with E-state index in [9.17, 15) is 13.2 Å². The summed E-state index contributed by atoms with van der Waals surface area (Å²) in [6.07, 6.45) is 5.39. The predicted octanol–water partition coefficient (Wildman–Crippen LogP) is 2.42. The molecular formula is C23H31N3O5S. The second kappa shape index (κ2) is 10.1. The molecule has 0 radical (unpaired) electrons. The third-order valence-corrected chi connectivity index (χ3v) is 7.53. The number of carbonyl (C=O) groups excluding carboxylic acids is 1. The Morgan fingerprint density at radius 3 is 2.69 bits per heavy atom. The number of ether oxygens (including phenoxy) is 2. The van der Waals surface area contributed by atoms with Gasteiger partial charge in [0.2, 0.25) is 20.9 Å². The minimum atomic E-state index is -3.67. The first-order valence-corrected chi connectivity index (χ1v) is 12.8. The van der Waals surface area contributed by atoms with Crippen molar-refractivity contribution in [3.8, 4) is 0 Å². The molecule has 174 valence electrons. The van der Waals surface area contributed by atoms with Crippen molar-refractivity contribution >= 4 is 15.7 Å². The van der Waals surface area contributed by atoms with Gasteiger partial charge in [-0.2, -0.15) is 0 Å². The van der Waals surface area contributed by atoms with Gasteiger partial charge in [-0.25, -0.2) is 13.4 Å². The van der Waals surface area contributed by atoms with E-state index in [0.717, 1.165) is 32.3 Å². The topological polar surface area (TPSA) is 90.7 Å². The van der Waals surface area contributed by atoms with Crippen molar-refractivity contribution in [1.29, 1.82) is 0 Å². The van der Waals surface area contributed by atoms with Crippen LogP contribution < -0.4 is 0 Å². The highest BCUT2D eigenvalue weighted by Gasteiger charge is 2.35. The van der Waals surface area contributed by atoms with Crippen LogP contribution in [-0.4, -0.2) is 61.7 Å². The van der Waals surface area contributed by atoms with Crippen molar-refractivity contribution in [2.45, 2.75) is 55.8 Å². The van der Waals surface area contributed by atoms with Gasteiger partial charge in [0.15, 0.2) is 0 Å². The molecule has 2 heterocycles. The molecule has 0 spiro atoms. The molecule has 1 saturated heterocycles. The summed E-state index contributed by atoms with van der Waals surface area (Å²) in [4.78, 5) is 19.1. The lowest BCUT2D eigenvalue weighted by Crippen LogP contribution is -2.38. The maximum atomic E-state index is 13.2. The first kappa shape index (κ1) is 22.9. The summed E-state index contributed by atoms with van der Waals surface area (Å²) in [5.41, 5.74) is 1.40. The molecule has 9 heteroatoms. The molecule has 1 aliphatic heterocycles. The number of amides is 1. The molecule has 1 aromatic carbocycles. The first-order valence-electron chi connectivity index (χ1n) is 11.2. The van der Waals surface area contributed by atoms with E-state index < -0.39 is 9.84 Å². The second-order valence-corrected chi connectivity index (χ2v) is 10.4. The monoisotopic (exact) mass is 461 g/mol. The molecule has 2 aliphatic rings. The maximum Gasteiger partial charge on any atom is 0.228 e. The van der Waals surface area contributed by atoms with Gasteiger partial charge in [-0.3, -0.25) is 4.79 Å². The summed E-state index contributed by atoms with van der Waals surface area (Å²) in [5.74, 6) is 0.0690. The maximum absolute atomic E-state index is 13.2. The van der Waals surface area contributed by atoms with Gasteiger partial charge in [0.25, 0.3) is 0 Å². The largest absolute Gasteiger partial charge is 0.383 e. The van der Waals surface area contributed by atoms with Crippen molar-refractivity contribution in [2.24, 2.45) is 5.92 Å². The van der Waals surface area contributed by atoms with E-state index in [1.165, 1.54) is 0 Å². The van der Waals surface area contributed by atoms with Gasteiger partial charge in [0.05, 0.1) is 36.9 Å². The van der Waals surface area contributed by atoms with Crippen LogP contribution >= 0.6 is 0 Å². The first-order chi connectivity index (χ1) is 15.5. The Morgan fingerprint density at radius 2 is 2.03 bits per heavy atom. The van der Waals surface area contributed by atoms with Crippen molar-refractivity contribution in [3.63, 3.8) is 0 Å². The highest BCUT2D eigenvalue weighted by molar-refractivity contribution is 7.90. The number of carbonyl (C=O) groups is 1. The number of hydrogen-bond donors (Lipinski definition) is 0. The molecule has 0 bridgehead atoms. The Labute approximate surface area is 189 Å². The SMILES string of the molecule is COCCn1c(CN(C[C@@H]2CCCO2)C(=O)C2CC2)cnc1S(=O)(=O)Cc1ccccc1. The Balaban J connectivity index is 1.59. The summed E-state index contributed by atoms with van der Waals surface area (Å²) in [5, 5.41) is 0.0179. The van der Waals surface area contributed by atoms with Crippen molar-refractivity contribution in [1.82, 2.24) is 14.5 Å². The molecule has 1 aromatic heterocycles. The Hall–Kier alpha value is -2.23. The van der Waals surface area contributed by atoms with Gasteiger partial charge < -0.3 is 18.9 Å². The molecule has 1 atom stereocenters. The zero-order chi connectivity index (χ0) is 22.6. The van der Waals surface area contributed by atoms with Crippen LogP contribution in [0.3, 0.4) is 0 Å². The standard InChI is InChI=1S/C23H31N3O5S/c1-30-13-11-26-20(14-24-23(26)32(28,29)17-18-6-3-2-4-7-18)15-25(22(27)19-9-10-19)16-21-8-5-12-31-21/h2-4,6-7,14,19,21H,5,8-13,15-17H2,1H3/t21-/m0/s1.